The molecule has 70 valence electrons. The molecule has 0 saturated heterocycles. The fourth-order valence-electron chi connectivity index (χ4n) is 1.61. The molecule has 0 radical (unpaired) electrons. The molecule has 0 aliphatic rings. The zero-order chi connectivity index (χ0) is 10.1. The summed E-state index contributed by atoms with van der Waals surface area (Å²) in [6.07, 6.45) is 1.87. The molecule has 2 rings (SSSR count). The second-order valence-corrected chi connectivity index (χ2v) is 4.23. The minimum atomic E-state index is 1.14. The van der Waals surface area contributed by atoms with Crippen molar-refractivity contribution in [2.24, 2.45) is 0 Å². The van der Waals surface area contributed by atoms with Gasteiger partial charge in [-0.25, -0.2) is 0 Å². The lowest BCUT2D eigenvalue weighted by Gasteiger charge is -2.05. The van der Waals surface area contributed by atoms with Gasteiger partial charge in [-0.15, -0.1) is 0 Å². The Balaban J connectivity index is 2.86. The van der Waals surface area contributed by atoms with Crippen LogP contribution in [0.1, 0.15) is 11.1 Å². The van der Waals surface area contributed by atoms with Crippen LogP contribution in [0.25, 0.3) is 16.8 Å². The SMILES string of the molecule is C=Cc1ccc2c(C)ccc(Br)c2c1. The van der Waals surface area contributed by atoms with E-state index in [1.54, 1.807) is 0 Å². The van der Waals surface area contributed by atoms with Gasteiger partial charge in [-0.1, -0.05) is 46.8 Å². The molecule has 1 heteroatoms. The van der Waals surface area contributed by atoms with Crippen molar-refractivity contribution in [1.29, 1.82) is 0 Å². The van der Waals surface area contributed by atoms with Crippen LogP contribution in [0.4, 0.5) is 0 Å². The highest BCUT2D eigenvalue weighted by Gasteiger charge is 2.01. The minimum absolute atomic E-state index is 1.14. The molecule has 0 aliphatic carbocycles. The molecule has 0 amide bonds. The summed E-state index contributed by atoms with van der Waals surface area (Å²) in [6.45, 7) is 5.90. The smallest absolute Gasteiger partial charge is 0.0254 e. The van der Waals surface area contributed by atoms with E-state index < -0.39 is 0 Å². The molecule has 0 fully saturated rings. The molecule has 0 heterocycles. The van der Waals surface area contributed by atoms with E-state index in [2.05, 4.69) is 59.8 Å². The van der Waals surface area contributed by atoms with Gasteiger partial charge in [-0.2, -0.15) is 0 Å². The number of hydrogen-bond acceptors (Lipinski definition) is 0. The highest BCUT2D eigenvalue weighted by molar-refractivity contribution is 9.10. The summed E-state index contributed by atoms with van der Waals surface area (Å²) in [5, 5.41) is 2.55. The third kappa shape index (κ3) is 1.48. The second kappa shape index (κ2) is 3.58. The highest BCUT2D eigenvalue weighted by atomic mass is 79.9. The predicted molar refractivity (Wildman–Crippen MR) is 66.5 cm³/mol. The van der Waals surface area contributed by atoms with Crippen molar-refractivity contribution in [1.82, 2.24) is 0 Å². The number of benzene rings is 2. The molecular weight excluding hydrogens is 236 g/mol. The zero-order valence-electron chi connectivity index (χ0n) is 8.05. The molecule has 0 spiro atoms. The first-order valence-corrected chi connectivity index (χ1v) is 5.33. The van der Waals surface area contributed by atoms with Crippen LogP contribution >= 0.6 is 15.9 Å². The Morgan fingerprint density at radius 1 is 1.14 bits per heavy atom. The van der Waals surface area contributed by atoms with Crippen molar-refractivity contribution in [3.8, 4) is 0 Å². The average molecular weight is 247 g/mol. The lowest BCUT2D eigenvalue weighted by atomic mass is 10.0. The monoisotopic (exact) mass is 246 g/mol. The summed E-state index contributed by atoms with van der Waals surface area (Å²) < 4.78 is 1.14. The van der Waals surface area contributed by atoms with Crippen molar-refractivity contribution in [3.05, 3.63) is 52.5 Å². The van der Waals surface area contributed by atoms with Gasteiger partial charge in [-0.05, 0) is 41.0 Å². The number of fused-ring (bicyclic) bond motifs is 1. The normalized spacial score (nSPS) is 10.4. The van der Waals surface area contributed by atoms with Crippen molar-refractivity contribution in [2.45, 2.75) is 6.92 Å². The van der Waals surface area contributed by atoms with Crippen LogP contribution in [0.3, 0.4) is 0 Å². The minimum Gasteiger partial charge on any atom is -0.0985 e. The Hall–Kier alpha value is -1.08. The number of halogens is 1. The molecule has 0 bridgehead atoms. The first kappa shape index (κ1) is 9.47. The van der Waals surface area contributed by atoms with Crippen LogP contribution in [0.15, 0.2) is 41.4 Å². The lowest BCUT2D eigenvalue weighted by molar-refractivity contribution is 1.51. The molecule has 0 N–H and O–H groups in total. The summed E-state index contributed by atoms with van der Waals surface area (Å²) in [7, 11) is 0. The fraction of sp³-hybridized carbons (Fsp3) is 0.0769. The number of rotatable bonds is 1. The van der Waals surface area contributed by atoms with Gasteiger partial charge in [-0.3, -0.25) is 0 Å². The van der Waals surface area contributed by atoms with E-state index in [1.165, 1.54) is 16.3 Å². The van der Waals surface area contributed by atoms with Crippen LogP contribution in [-0.4, -0.2) is 0 Å². The van der Waals surface area contributed by atoms with E-state index in [4.69, 9.17) is 0 Å². The van der Waals surface area contributed by atoms with Crippen LogP contribution in [-0.2, 0) is 0 Å². The molecular formula is C13H11Br. The molecule has 0 unspecified atom stereocenters. The predicted octanol–water partition coefficient (Wildman–Crippen LogP) is 4.55. The Labute approximate surface area is 92.4 Å². The van der Waals surface area contributed by atoms with E-state index >= 15 is 0 Å². The fourth-order valence-corrected chi connectivity index (χ4v) is 2.07. The van der Waals surface area contributed by atoms with Gasteiger partial charge in [0, 0.05) is 4.47 Å². The Morgan fingerprint density at radius 3 is 2.64 bits per heavy atom. The van der Waals surface area contributed by atoms with Gasteiger partial charge in [0.05, 0.1) is 0 Å². The van der Waals surface area contributed by atoms with Crippen LogP contribution in [0.2, 0.25) is 0 Å². The summed E-state index contributed by atoms with van der Waals surface area (Å²) >= 11 is 3.56. The van der Waals surface area contributed by atoms with E-state index in [9.17, 15) is 0 Å². The Morgan fingerprint density at radius 2 is 1.93 bits per heavy atom. The van der Waals surface area contributed by atoms with Crippen LogP contribution in [0, 0.1) is 6.92 Å². The maximum Gasteiger partial charge on any atom is 0.0254 e. The maximum atomic E-state index is 3.77. The quantitative estimate of drug-likeness (QED) is 0.693. The molecule has 0 atom stereocenters. The van der Waals surface area contributed by atoms with Gasteiger partial charge < -0.3 is 0 Å². The second-order valence-electron chi connectivity index (χ2n) is 3.37. The highest BCUT2D eigenvalue weighted by Crippen LogP contribution is 2.27. The summed E-state index contributed by atoms with van der Waals surface area (Å²) in [5.74, 6) is 0. The summed E-state index contributed by atoms with van der Waals surface area (Å²) in [6, 6.07) is 10.6. The molecule has 0 aromatic heterocycles. The maximum absolute atomic E-state index is 3.77. The average Bonchev–Trinajstić information content (AvgIpc) is 2.23. The van der Waals surface area contributed by atoms with E-state index in [1.807, 2.05) is 6.08 Å². The van der Waals surface area contributed by atoms with Crippen LogP contribution < -0.4 is 0 Å². The van der Waals surface area contributed by atoms with E-state index in [0.717, 1.165) is 10.0 Å². The Kier molecular flexibility index (Phi) is 2.42. The Bertz CT molecular complexity index is 498. The third-order valence-corrected chi connectivity index (χ3v) is 3.13. The molecule has 0 saturated carbocycles. The van der Waals surface area contributed by atoms with E-state index in [-0.39, 0.29) is 0 Å². The molecule has 14 heavy (non-hydrogen) atoms. The largest absolute Gasteiger partial charge is 0.0985 e. The molecule has 0 aliphatic heterocycles. The topological polar surface area (TPSA) is 0 Å². The standard InChI is InChI=1S/C13H11Br/c1-3-10-5-6-11-9(2)4-7-13(14)12(11)8-10/h3-8H,1H2,2H3. The van der Waals surface area contributed by atoms with Gasteiger partial charge in [0.1, 0.15) is 0 Å². The molecule has 2 aromatic rings. The van der Waals surface area contributed by atoms with Gasteiger partial charge in [0.25, 0.3) is 0 Å². The van der Waals surface area contributed by atoms with E-state index in [0.29, 0.717) is 0 Å². The first-order valence-electron chi connectivity index (χ1n) is 4.53. The first-order chi connectivity index (χ1) is 6.72. The van der Waals surface area contributed by atoms with Crippen molar-refractivity contribution in [2.75, 3.05) is 0 Å². The van der Waals surface area contributed by atoms with Gasteiger partial charge in [0.15, 0.2) is 0 Å². The lowest BCUT2D eigenvalue weighted by Crippen LogP contribution is -1.81. The zero-order valence-corrected chi connectivity index (χ0v) is 9.64. The van der Waals surface area contributed by atoms with Gasteiger partial charge >= 0.3 is 0 Å². The molecule has 2 aromatic carbocycles. The van der Waals surface area contributed by atoms with Crippen molar-refractivity contribution >= 4 is 32.8 Å². The molecule has 0 nitrogen and oxygen atoms in total. The van der Waals surface area contributed by atoms with Crippen molar-refractivity contribution in [3.63, 3.8) is 0 Å². The van der Waals surface area contributed by atoms with Gasteiger partial charge in [0.2, 0.25) is 0 Å². The summed E-state index contributed by atoms with van der Waals surface area (Å²) in [5.41, 5.74) is 2.46. The summed E-state index contributed by atoms with van der Waals surface area (Å²) in [4.78, 5) is 0. The number of aryl methyl sites for hydroxylation is 1. The third-order valence-electron chi connectivity index (χ3n) is 2.44. The van der Waals surface area contributed by atoms with Crippen molar-refractivity contribution < 1.29 is 0 Å². The van der Waals surface area contributed by atoms with Crippen LogP contribution in [0.5, 0.6) is 0 Å². The number of hydrogen-bond donors (Lipinski definition) is 0.